The Morgan fingerprint density at radius 3 is 2.84 bits per heavy atom. The van der Waals surface area contributed by atoms with E-state index in [1.54, 1.807) is 0 Å². The molecule has 1 aromatic heterocycles. The number of nitrogens with two attached hydrogens (primary N) is 1. The second-order valence-corrected chi connectivity index (χ2v) is 6.57. The van der Waals surface area contributed by atoms with E-state index in [2.05, 4.69) is 39.1 Å². The molecule has 1 fully saturated rings. The van der Waals surface area contributed by atoms with Gasteiger partial charge in [-0.05, 0) is 24.5 Å². The van der Waals surface area contributed by atoms with Gasteiger partial charge in [-0.2, -0.15) is 0 Å². The predicted molar refractivity (Wildman–Crippen MR) is 78.9 cm³/mol. The van der Waals surface area contributed by atoms with Gasteiger partial charge in [0.25, 0.3) is 0 Å². The Balaban J connectivity index is 1.82. The average molecular weight is 318 g/mol. The SMILES string of the molecule is NC1(c2nc3c([nH]2)Cc2c(Br)cccc2-3)CCCC1. The van der Waals surface area contributed by atoms with Gasteiger partial charge in [0, 0.05) is 22.2 Å². The maximum atomic E-state index is 6.49. The summed E-state index contributed by atoms with van der Waals surface area (Å²) in [5, 5.41) is 0. The number of aromatic amines is 1. The third-order valence-corrected chi connectivity index (χ3v) is 5.22. The quantitative estimate of drug-likeness (QED) is 0.722. The fourth-order valence-corrected chi connectivity index (χ4v) is 3.88. The van der Waals surface area contributed by atoms with Crippen LogP contribution in [0.15, 0.2) is 22.7 Å². The van der Waals surface area contributed by atoms with Gasteiger partial charge in [0.05, 0.1) is 11.2 Å². The monoisotopic (exact) mass is 317 g/mol. The molecule has 1 saturated carbocycles. The van der Waals surface area contributed by atoms with Gasteiger partial charge in [0.1, 0.15) is 5.82 Å². The number of halogens is 1. The highest BCUT2D eigenvalue weighted by Gasteiger charge is 2.36. The Hall–Kier alpha value is -1.13. The number of nitrogens with one attached hydrogen (secondary N) is 1. The largest absolute Gasteiger partial charge is 0.343 e. The van der Waals surface area contributed by atoms with E-state index in [9.17, 15) is 0 Å². The van der Waals surface area contributed by atoms with E-state index >= 15 is 0 Å². The Morgan fingerprint density at radius 1 is 1.26 bits per heavy atom. The maximum Gasteiger partial charge on any atom is 0.127 e. The molecule has 4 rings (SSSR count). The molecule has 0 bridgehead atoms. The third-order valence-electron chi connectivity index (χ3n) is 4.47. The zero-order chi connectivity index (χ0) is 13.0. The van der Waals surface area contributed by atoms with Gasteiger partial charge in [0.15, 0.2) is 0 Å². The smallest absolute Gasteiger partial charge is 0.127 e. The van der Waals surface area contributed by atoms with Gasteiger partial charge in [-0.1, -0.05) is 40.9 Å². The van der Waals surface area contributed by atoms with E-state index in [-0.39, 0.29) is 5.54 Å². The van der Waals surface area contributed by atoms with E-state index in [4.69, 9.17) is 10.7 Å². The van der Waals surface area contributed by atoms with Crippen LogP contribution in [0, 0.1) is 0 Å². The van der Waals surface area contributed by atoms with E-state index in [1.807, 2.05) is 0 Å². The third kappa shape index (κ3) is 1.63. The van der Waals surface area contributed by atoms with Crippen LogP contribution < -0.4 is 5.73 Å². The molecule has 3 nitrogen and oxygen atoms in total. The van der Waals surface area contributed by atoms with E-state index < -0.39 is 0 Å². The van der Waals surface area contributed by atoms with Crippen LogP contribution in [0.25, 0.3) is 11.3 Å². The molecule has 19 heavy (non-hydrogen) atoms. The lowest BCUT2D eigenvalue weighted by atomic mass is 9.98. The van der Waals surface area contributed by atoms with E-state index in [1.165, 1.54) is 34.1 Å². The molecule has 0 saturated heterocycles. The van der Waals surface area contributed by atoms with Crippen molar-refractivity contribution in [2.45, 2.75) is 37.6 Å². The summed E-state index contributed by atoms with van der Waals surface area (Å²) in [4.78, 5) is 8.32. The maximum absolute atomic E-state index is 6.49. The molecular formula is C15H16BrN3. The second-order valence-electron chi connectivity index (χ2n) is 5.72. The molecule has 1 aromatic carbocycles. The molecule has 0 spiro atoms. The molecule has 0 aliphatic heterocycles. The standard InChI is InChI=1S/C15H16BrN3/c16-11-5-3-4-9-10(11)8-12-13(9)19-14(18-12)15(17)6-1-2-7-15/h3-5H,1-2,6-8,17H2,(H,18,19). The topological polar surface area (TPSA) is 54.7 Å². The molecule has 0 radical (unpaired) electrons. The lowest BCUT2D eigenvalue weighted by Crippen LogP contribution is -2.34. The van der Waals surface area contributed by atoms with E-state index in [0.717, 1.165) is 30.8 Å². The van der Waals surface area contributed by atoms with Crippen molar-refractivity contribution in [3.63, 3.8) is 0 Å². The minimum absolute atomic E-state index is 0.226. The van der Waals surface area contributed by atoms with Crippen LogP contribution in [0.2, 0.25) is 0 Å². The van der Waals surface area contributed by atoms with Gasteiger partial charge >= 0.3 is 0 Å². The summed E-state index contributed by atoms with van der Waals surface area (Å²) in [7, 11) is 0. The van der Waals surface area contributed by atoms with Crippen molar-refractivity contribution in [1.82, 2.24) is 9.97 Å². The van der Waals surface area contributed by atoms with Crippen molar-refractivity contribution in [2.24, 2.45) is 5.73 Å². The summed E-state index contributed by atoms with van der Waals surface area (Å²) in [6.45, 7) is 0. The first-order chi connectivity index (χ1) is 9.17. The first-order valence-electron chi connectivity index (χ1n) is 6.83. The number of hydrogen-bond donors (Lipinski definition) is 2. The highest BCUT2D eigenvalue weighted by Crippen LogP contribution is 2.42. The summed E-state index contributed by atoms with van der Waals surface area (Å²) in [5.41, 5.74) is 11.2. The zero-order valence-corrected chi connectivity index (χ0v) is 12.3. The van der Waals surface area contributed by atoms with Gasteiger partial charge < -0.3 is 10.7 Å². The molecular weight excluding hydrogens is 302 g/mol. The van der Waals surface area contributed by atoms with E-state index in [0.29, 0.717) is 0 Å². The number of H-pyrrole nitrogens is 1. The number of aromatic nitrogens is 2. The lowest BCUT2D eigenvalue weighted by Gasteiger charge is -2.20. The summed E-state index contributed by atoms with van der Waals surface area (Å²) in [5.74, 6) is 0.987. The first kappa shape index (κ1) is 11.7. The molecule has 0 unspecified atom stereocenters. The van der Waals surface area contributed by atoms with Crippen molar-refractivity contribution in [2.75, 3.05) is 0 Å². The summed E-state index contributed by atoms with van der Waals surface area (Å²) >= 11 is 3.62. The minimum Gasteiger partial charge on any atom is -0.343 e. The molecule has 2 aliphatic carbocycles. The van der Waals surface area contributed by atoms with Crippen LogP contribution >= 0.6 is 15.9 Å². The van der Waals surface area contributed by atoms with Gasteiger partial charge in [0.2, 0.25) is 0 Å². The summed E-state index contributed by atoms with van der Waals surface area (Å²) in [6, 6.07) is 6.31. The van der Waals surface area contributed by atoms with Gasteiger partial charge in [-0.25, -0.2) is 4.98 Å². The van der Waals surface area contributed by atoms with Gasteiger partial charge in [-0.3, -0.25) is 0 Å². The molecule has 0 atom stereocenters. The number of benzene rings is 1. The van der Waals surface area contributed by atoms with Crippen LogP contribution in [0.4, 0.5) is 0 Å². The Bertz CT molecular complexity index is 653. The molecule has 4 heteroatoms. The molecule has 2 aliphatic rings. The fourth-order valence-electron chi connectivity index (χ4n) is 3.38. The van der Waals surface area contributed by atoms with Crippen LogP contribution in [-0.2, 0) is 12.0 Å². The average Bonchev–Trinajstić information content (AvgIpc) is 3.04. The van der Waals surface area contributed by atoms with Crippen LogP contribution in [0.3, 0.4) is 0 Å². The number of rotatable bonds is 1. The Kier molecular flexibility index (Phi) is 2.42. The molecule has 98 valence electrons. The van der Waals surface area contributed by atoms with Crippen LogP contribution in [-0.4, -0.2) is 9.97 Å². The molecule has 0 amide bonds. The molecule has 3 N–H and O–H groups in total. The summed E-state index contributed by atoms with van der Waals surface area (Å²) < 4.78 is 1.17. The number of nitrogens with zero attached hydrogens (tertiary/aromatic N) is 1. The van der Waals surface area contributed by atoms with Crippen molar-refractivity contribution in [1.29, 1.82) is 0 Å². The molecule has 1 heterocycles. The highest BCUT2D eigenvalue weighted by atomic mass is 79.9. The van der Waals surface area contributed by atoms with Gasteiger partial charge in [-0.15, -0.1) is 0 Å². The summed E-state index contributed by atoms with van der Waals surface area (Å²) in [6.07, 6.45) is 5.44. The molecule has 2 aromatic rings. The number of hydrogen-bond acceptors (Lipinski definition) is 2. The van der Waals surface area contributed by atoms with Crippen molar-refractivity contribution in [3.05, 3.63) is 39.8 Å². The first-order valence-corrected chi connectivity index (χ1v) is 7.63. The Morgan fingerprint density at radius 2 is 2.05 bits per heavy atom. The fraction of sp³-hybridized carbons (Fsp3) is 0.400. The van der Waals surface area contributed by atoms with Crippen LogP contribution in [0.1, 0.15) is 42.8 Å². The normalized spacial score (nSPS) is 19.5. The Labute approximate surface area is 120 Å². The number of fused-ring (bicyclic) bond motifs is 3. The minimum atomic E-state index is -0.226. The highest BCUT2D eigenvalue weighted by molar-refractivity contribution is 9.10. The number of imidazole rings is 1. The van der Waals surface area contributed by atoms with Crippen molar-refractivity contribution < 1.29 is 0 Å². The predicted octanol–water partition coefficient (Wildman–Crippen LogP) is 3.47. The second kappa shape index (κ2) is 3.93. The lowest BCUT2D eigenvalue weighted by molar-refractivity contribution is 0.435. The zero-order valence-electron chi connectivity index (χ0n) is 10.7. The van der Waals surface area contributed by atoms with Crippen molar-refractivity contribution in [3.8, 4) is 11.3 Å². The van der Waals surface area contributed by atoms with Crippen molar-refractivity contribution >= 4 is 15.9 Å². The van der Waals surface area contributed by atoms with Crippen LogP contribution in [0.5, 0.6) is 0 Å².